The number of benzene rings is 2. The molecule has 0 spiro atoms. The van der Waals surface area contributed by atoms with Crippen molar-refractivity contribution in [3.63, 3.8) is 0 Å². The predicted octanol–water partition coefficient (Wildman–Crippen LogP) is 5.04. The highest BCUT2D eigenvalue weighted by molar-refractivity contribution is 9.10. The number of rotatable bonds is 7. The van der Waals surface area contributed by atoms with Crippen LogP contribution < -0.4 is 4.74 Å². The van der Waals surface area contributed by atoms with E-state index in [1.807, 2.05) is 55.5 Å². The van der Waals surface area contributed by atoms with Crippen molar-refractivity contribution < 1.29 is 14.3 Å². The van der Waals surface area contributed by atoms with Crippen LogP contribution in [0.15, 0.2) is 53.0 Å². The highest BCUT2D eigenvalue weighted by Crippen LogP contribution is 2.30. The molecular weight excluding hydrogens is 414 g/mol. The molecule has 26 heavy (non-hydrogen) atoms. The molecule has 1 aliphatic rings. The summed E-state index contributed by atoms with van der Waals surface area (Å²) in [4.78, 5) is 25.6. The van der Waals surface area contributed by atoms with E-state index >= 15 is 0 Å². The Balaban J connectivity index is 1.55. The van der Waals surface area contributed by atoms with Gasteiger partial charge in [-0.05, 0) is 48.2 Å². The maximum absolute atomic E-state index is 12.3. The second kappa shape index (κ2) is 8.73. The summed E-state index contributed by atoms with van der Waals surface area (Å²) in [5, 5.41) is -0.445. The first kappa shape index (κ1) is 19.0. The van der Waals surface area contributed by atoms with E-state index in [2.05, 4.69) is 15.9 Å². The number of amides is 2. The Bertz CT molecular complexity index is 777. The molecule has 1 atom stereocenters. The Morgan fingerprint density at radius 2 is 1.69 bits per heavy atom. The van der Waals surface area contributed by atoms with Gasteiger partial charge in [-0.3, -0.25) is 14.5 Å². The Morgan fingerprint density at radius 3 is 2.35 bits per heavy atom. The van der Waals surface area contributed by atoms with Crippen LogP contribution in [0.1, 0.15) is 24.5 Å². The maximum atomic E-state index is 12.3. The molecule has 0 aliphatic carbocycles. The number of nitrogens with zero attached hydrogens (tertiary/aromatic N) is 1. The highest BCUT2D eigenvalue weighted by Gasteiger charge is 2.38. The zero-order chi connectivity index (χ0) is 18.5. The van der Waals surface area contributed by atoms with E-state index in [4.69, 9.17) is 4.74 Å². The second-order valence-electron chi connectivity index (χ2n) is 6.13. The van der Waals surface area contributed by atoms with E-state index in [1.165, 1.54) is 4.90 Å². The molecule has 0 unspecified atom stereocenters. The minimum atomic E-state index is -0.316. The minimum Gasteiger partial charge on any atom is -0.489 e. The highest BCUT2D eigenvalue weighted by atomic mass is 79.9. The van der Waals surface area contributed by atoms with E-state index < -0.39 is 0 Å². The van der Waals surface area contributed by atoms with Gasteiger partial charge in [0.15, 0.2) is 0 Å². The minimum absolute atomic E-state index is 0.0718. The van der Waals surface area contributed by atoms with Crippen molar-refractivity contribution in [2.75, 3.05) is 6.54 Å². The normalized spacial score (nSPS) is 17.0. The van der Waals surface area contributed by atoms with Crippen molar-refractivity contribution in [3.8, 4) is 5.75 Å². The smallest absolute Gasteiger partial charge is 0.289 e. The Labute approximate surface area is 166 Å². The molecular formula is C20H20BrNO3S. The lowest BCUT2D eigenvalue weighted by Crippen LogP contribution is -2.32. The fraction of sp³-hybridized carbons (Fsp3) is 0.300. The third-order valence-corrected chi connectivity index (χ3v) is 5.72. The molecule has 136 valence electrons. The van der Waals surface area contributed by atoms with Gasteiger partial charge < -0.3 is 4.74 Å². The number of hydrogen-bond donors (Lipinski definition) is 0. The summed E-state index contributed by atoms with van der Waals surface area (Å²) >= 11 is 4.55. The number of ether oxygens (including phenoxy) is 1. The predicted molar refractivity (Wildman–Crippen MR) is 107 cm³/mol. The molecule has 6 heteroatoms. The molecule has 1 fully saturated rings. The first-order valence-electron chi connectivity index (χ1n) is 8.55. The van der Waals surface area contributed by atoms with Crippen LogP contribution in [0, 0.1) is 0 Å². The van der Waals surface area contributed by atoms with Crippen molar-refractivity contribution in [3.05, 3.63) is 64.1 Å². The van der Waals surface area contributed by atoms with Crippen LogP contribution in [0.3, 0.4) is 0 Å². The van der Waals surface area contributed by atoms with Crippen molar-refractivity contribution >= 4 is 38.8 Å². The molecule has 2 amide bonds. The maximum Gasteiger partial charge on any atom is 0.289 e. The van der Waals surface area contributed by atoms with Gasteiger partial charge in [0.25, 0.3) is 5.24 Å². The summed E-state index contributed by atoms with van der Waals surface area (Å²) in [7, 11) is 0. The zero-order valence-corrected chi connectivity index (χ0v) is 16.9. The van der Waals surface area contributed by atoms with Gasteiger partial charge in [0, 0.05) is 11.0 Å². The summed E-state index contributed by atoms with van der Waals surface area (Å²) in [6.07, 6.45) is 1.34. The first-order valence-corrected chi connectivity index (χ1v) is 10.2. The first-order chi connectivity index (χ1) is 12.6. The van der Waals surface area contributed by atoms with Crippen LogP contribution in [0.5, 0.6) is 5.75 Å². The van der Waals surface area contributed by atoms with Crippen LogP contribution in [0.2, 0.25) is 0 Å². The van der Waals surface area contributed by atoms with Gasteiger partial charge in [0.2, 0.25) is 5.91 Å². The van der Waals surface area contributed by atoms with Gasteiger partial charge in [-0.2, -0.15) is 0 Å². The molecule has 3 rings (SSSR count). The van der Waals surface area contributed by atoms with E-state index in [1.54, 1.807) is 0 Å². The van der Waals surface area contributed by atoms with Crippen LogP contribution in [-0.2, 0) is 17.8 Å². The molecule has 4 nitrogen and oxygen atoms in total. The van der Waals surface area contributed by atoms with Crippen molar-refractivity contribution in [2.24, 2.45) is 0 Å². The topological polar surface area (TPSA) is 46.6 Å². The van der Waals surface area contributed by atoms with Gasteiger partial charge in [-0.15, -0.1) is 0 Å². The molecule has 0 saturated carbocycles. The Morgan fingerprint density at radius 1 is 1.04 bits per heavy atom. The van der Waals surface area contributed by atoms with E-state index in [-0.39, 0.29) is 16.4 Å². The molecule has 0 aromatic heterocycles. The van der Waals surface area contributed by atoms with Crippen LogP contribution in [0.25, 0.3) is 0 Å². The Hall–Kier alpha value is -1.79. The fourth-order valence-electron chi connectivity index (χ4n) is 2.74. The molecule has 1 heterocycles. The van der Waals surface area contributed by atoms with E-state index in [9.17, 15) is 9.59 Å². The summed E-state index contributed by atoms with van der Waals surface area (Å²) < 4.78 is 6.84. The molecule has 1 saturated heterocycles. The molecule has 0 N–H and O–H groups in total. The van der Waals surface area contributed by atoms with E-state index in [0.29, 0.717) is 19.6 Å². The quantitative estimate of drug-likeness (QED) is 0.612. The number of carbonyl (C=O) groups excluding carboxylic acids is 2. The number of carbonyl (C=O) groups is 2. The molecule has 2 aromatic rings. The zero-order valence-electron chi connectivity index (χ0n) is 14.5. The average molecular weight is 434 g/mol. The van der Waals surface area contributed by atoms with Gasteiger partial charge in [-0.25, -0.2) is 0 Å². The van der Waals surface area contributed by atoms with Crippen LogP contribution in [-0.4, -0.2) is 27.8 Å². The summed E-state index contributed by atoms with van der Waals surface area (Å²) in [6, 6.07) is 15.7. The second-order valence-corrected chi connectivity index (χ2v) is 8.20. The van der Waals surface area contributed by atoms with Gasteiger partial charge >= 0.3 is 0 Å². The lowest BCUT2D eigenvalue weighted by atomic mass is 10.1. The number of halogens is 1. The monoisotopic (exact) mass is 433 g/mol. The summed E-state index contributed by atoms with van der Waals surface area (Å²) in [5.74, 6) is 0.711. The third kappa shape index (κ3) is 4.68. The van der Waals surface area contributed by atoms with Gasteiger partial charge in [0.1, 0.15) is 12.4 Å². The van der Waals surface area contributed by atoms with Gasteiger partial charge in [-0.1, -0.05) is 58.9 Å². The lowest BCUT2D eigenvalue weighted by molar-refractivity contribution is -0.126. The van der Waals surface area contributed by atoms with Gasteiger partial charge in [0.05, 0.1) is 5.25 Å². The van der Waals surface area contributed by atoms with Crippen LogP contribution >= 0.6 is 27.7 Å². The Kier molecular flexibility index (Phi) is 6.38. The van der Waals surface area contributed by atoms with Crippen molar-refractivity contribution in [2.45, 2.75) is 31.6 Å². The lowest BCUT2D eigenvalue weighted by Gasteiger charge is -2.12. The molecule has 0 radical (unpaired) electrons. The fourth-order valence-corrected chi connectivity index (χ4v) is 4.06. The largest absolute Gasteiger partial charge is 0.489 e. The molecule has 1 aliphatic heterocycles. The van der Waals surface area contributed by atoms with Crippen molar-refractivity contribution in [1.29, 1.82) is 0 Å². The summed E-state index contributed by atoms with van der Waals surface area (Å²) in [6.45, 7) is 2.97. The number of thioether (sulfide) groups is 1. The number of hydrogen-bond acceptors (Lipinski definition) is 4. The number of imide groups is 1. The third-order valence-electron chi connectivity index (χ3n) is 4.12. The standard InChI is InChI=1S/C20H20BrNO3S/c1-2-11-22-19(23)18(26-20(22)24)12-14-5-9-17(10-6-14)25-13-15-3-7-16(21)8-4-15/h3-10,18H,2,11-13H2,1H3/t18-/m0/s1. The average Bonchev–Trinajstić information content (AvgIpc) is 2.90. The van der Waals surface area contributed by atoms with E-state index in [0.717, 1.165) is 39.5 Å². The SMILES string of the molecule is CCCN1C(=O)S[C@@H](Cc2ccc(OCc3ccc(Br)cc3)cc2)C1=O. The van der Waals surface area contributed by atoms with Crippen LogP contribution in [0.4, 0.5) is 4.79 Å². The van der Waals surface area contributed by atoms with Crippen molar-refractivity contribution in [1.82, 2.24) is 4.90 Å². The molecule has 0 bridgehead atoms. The summed E-state index contributed by atoms with van der Waals surface area (Å²) in [5.41, 5.74) is 2.12. The molecule has 2 aromatic carbocycles.